The number of nitrogens with zero attached hydrogens (tertiary/aromatic N) is 2. The van der Waals surface area contributed by atoms with E-state index in [0.29, 0.717) is 0 Å². The number of thioether (sulfide) groups is 1. The average molecular weight is 316 g/mol. The first-order valence-corrected chi connectivity index (χ1v) is 9.00. The number of benzene rings is 1. The lowest BCUT2D eigenvalue weighted by Crippen LogP contribution is -3.11. The molecule has 0 fully saturated rings. The molecule has 2 aromatic rings. The molecular formula is C18H26N3S+. The van der Waals surface area contributed by atoms with E-state index >= 15 is 0 Å². The summed E-state index contributed by atoms with van der Waals surface area (Å²) in [6, 6.07) is 10.6. The van der Waals surface area contributed by atoms with E-state index in [0.717, 1.165) is 16.5 Å². The Bertz CT molecular complexity index is 592. The molecular weight excluding hydrogens is 290 g/mol. The molecule has 0 radical (unpaired) electrons. The Hall–Kier alpha value is -1.39. The fourth-order valence-corrected chi connectivity index (χ4v) is 3.41. The fraction of sp³-hybridized carbons (Fsp3) is 0.444. The average Bonchev–Trinajstić information content (AvgIpc) is 2.52. The van der Waals surface area contributed by atoms with Crippen LogP contribution in [0.5, 0.6) is 0 Å². The van der Waals surface area contributed by atoms with Crippen molar-refractivity contribution in [3.05, 3.63) is 41.5 Å². The van der Waals surface area contributed by atoms with Crippen LogP contribution in [-0.2, 0) is 0 Å². The molecule has 1 N–H and O–H groups in total. The summed E-state index contributed by atoms with van der Waals surface area (Å²) >= 11 is 1.80. The molecule has 118 valence electrons. The Morgan fingerprint density at radius 3 is 2.36 bits per heavy atom. The predicted molar refractivity (Wildman–Crippen MR) is 94.6 cm³/mol. The minimum absolute atomic E-state index is 0.955. The molecule has 0 aliphatic heterocycles. The first-order valence-electron chi connectivity index (χ1n) is 8.01. The van der Waals surface area contributed by atoms with Gasteiger partial charge in [-0.1, -0.05) is 35.5 Å². The summed E-state index contributed by atoms with van der Waals surface area (Å²) in [6.45, 7) is 12.3. The highest BCUT2D eigenvalue weighted by Gasteiger charge is 2.06. The topological polar surface area (TPSA) is 30.2 Å². The minimum atomic E-state index is 0.955. The number of aromatic nitrogens is 2. The third-order valence-corrected chi connectivity index (χ3v) is 4.93. The van der Waals surface area contributed by atoms with Gasteiger partial charge in [-0.2, -0.15) is 0 Å². The van der Waals surface area contributed by atoms with E-state index in [-0.39, 0.29) is 0 Å². The van der Waals surface area contributed by atoms with Crippen LogP contribution in [0.2, 0.25) is 0 Å². The summed E-state index contributed by atoms with van der Waals surface area (Å²) < 4.78 is 0. The van der Waals surface area contributed by atoms with Crippen LogP contribution in [0.3, 0.4) is 0 Å². The van der Waals surface area contributed by atoms with E-state index in [4.69, 9.17) is 0 Å². The summed E-state index contributed by atoms with van der Waals surface area (Å²) in [5, 5.41) is 9.78. The van der Waals surface area contributed by atoms with Gasteiger partial charge in [-0.25, -0.2) is 0 Å². The van der Waals surface area contributed by atoms with E-state index in [1.54, 1.807) is 16.7 Å². The zero-order valence-electron chi connectivity index (χ0n) is 14.0. The zero-order chi connectivity index (χ0) is 15.9. The van der Waals surface area contributed by atoms with Gasteiger partial charge in [-0.15, -0.1) is 10.2 Å². The first kappa shape index (κ1) is 17.0. The van der Waals surface area contributed by atoms with Crippen LogP contribution >= 0.6 is 11.8 Å². The zero-order valence-corrected chi connectivity index (χ0v) is 14.8. The molecule has 1 aromatic heterocycles. The quantitative estimate of drug-likeness (QED) is 0.797. The summed E-state index contributed by atoms with van der Waals surface area (Å²) in [5.41, 5.74) is 4.65. The van der Waals surface area contributed by atoms with Crippen molar-refractivity contribution >= 4 is 11.8 Å². The second-order valence-electron chi connectivity index (χ2n) is 5.63. The summed E-state index contributed by atoms with van der Waals surface area (Å²) in [4.78, 5) is 1.63. The second-order valence-corrected chi connectivity index (χ2v) is 6.75. The van der Waals surface area contributed by atoms with Gasteiger partial charge >= 0.3 is 0 Å². The number of hydrogen-bond donors (Lipinski definition) is 1. The fourth-order valence-electron chi connectivity index (χ4n) is 2.55. The highest BCUT2D eigenvalue weighted by Crippen LogP contribution is 2.23. The molecule has 2 rings (SSSR count). The van der Waals surface area contributed by atoms with Gasteiger partial charge in [0.05, 0.1) is 25.3 Å². The molecule has 0 spiro atoms. The van der Waals surface area contributed by atoms with E-state index in [1.165, 1.54) is 36.3 Å². The molecule has 22 heavy (non-hydrogen) atoms. The van der Waals surface area contributed by atoms with E-state index < -0.39 is 0 Å². The Kier molecular flexibility index (Phi) is 6.40. The van der Waals surface area contributed by atoms with Crippen LogP contribution in [-0.4, -0.2) is 35.6 Å². The Morgan fingerprint density at radius 1 is 1.00 bits per heavy atom. The van der Waals surface area contributed by atoms with Gasteiger partial charge in [0.2, 0.25) is 0 Å². The van der Waals surface area contributed by atoms with Crippen molar-refractivity contribution in [1.82, 2.24) is 10.2 Å². The number of hydrogen-bond acceptors (Lipinski definition) is 3. The monoisotopic (exact) mass is 316 g/mol. The third-order valence-electron chi connectivity index (χ3n) is 4.00. The summed E-state index contributed by atoms with van der Waals surface area (Å²) in [7, 11) is 0. The Labute approximate surface area is 138 Å². The first-order chi connectivity index (χ1) is 10.6. The molecule has 1 aromatic carbocycles. The van der Waals surface area contributed by atoms with Crippen LogP contribution in [0, 0.1) is 13.8 Å². The molecule has 0 aliphatic rings. The van der Waals surface area contributed by atoms with Gasteiger partial charge in [0, 0.05) is 11.3 Å². The normalized spacial score (nSPS) is 11.1. The number of rotatable bonds is 7. The Balaban J connectivity index is 1.98. The molecule has 0 unspecified atom stereocenters. The van der Waals surface area contributed by atoms with Crippen molar-refractivity contribution in [3.8, 4) is 11.3 Å². The minimum Gasteiger partial charge on any atom is -0.335 e. The van der Waals surface area contributed by atoms with Crippen LogP contribution in [0.25, 0.3) is 11.3 Å². The highest BCUT2D eigenvalue weighted by molar-refractivity contribution is 7.99. The number of nitrogens with one attached hydrogen (secondary N) is 1. The SMILES string of the molecule is CC[NH+](CC)CCSc1ccc(-c2ccc(C)cc2C)nn1. The van der Waals surface area contributed by atoms with Crippen molar-refractivity contribution in [2.75, 3.05) is 25.4 Å². The lowest BCUT2D eigenvalue weighted by atomic mass is 10.0. The molecule has 0 amide bonds. The summed E-state index contributed by atoms with van der Waals surface area (Å²) in [5.74, 6) is 1.09. The maximum absolute atomic E-state index is 4.40. The van der Waals surface area contributed by atoms with Crippen LogP contribution in [0.1, 0.15) is 25.0 Å². The highest BCUT2D eigenvalue weighted by atomic mass is 32.2. The molecule has 1 heterocycles. The lowest BCUT2D eigenvalue weighted by Gasteiger charge is -2.14. The van der Waals surface area contributed by atoms with Gasteiger partial charge in [-0.3, -0.25) is 0 Å². The Morgan fingerprint density at radius 2 is 1.77 bits per heavy atom. The standard InChI is InChI=1S/C18H25N3S/c1-5-21(6-2)11-12-22-18-10-9-17(19-20-18)16-8-7-14(3)13-15(16)4/h7-10,13H,5-6,11-12H2,1-4H3/p+1. The van der Waals surface area contributed by atoms with Crippen molar-refractivity contribution in [3.63, 3.8) is 0 Å². The van der Waals surface area contributed by atoms with Crippen LogP contribution < -0.4 is 4.90 Å². The van der Waals surface area contributed by atoms with Crippen molar-refractivity contribution in [2.45, 2.75) is 32.7 Å². The van der Waals surface area contributed by atoms with Gasteiger partial charge in [0.15, 0.2) is 0 Å². The molecule has 4 heteroatoms. The summed E-state index contributed by atoms with van der Waals surface area (Å²) in [6.07, 6.45) is 0. The van der Waals surface area contributed by atoms with E-state index in [9.17, 15) is 0 Å². The van der Waals surface area contributed by atoms with Crippen molar-refractivity contribution < 1.29 is 4.90 Å². The van der Waals surface area contributed by atoms with E-state index in [1.807, 2.05) is 0 Å². The molecule has 3 nitrogen and oxygen atoms in total. The molecule has 0 atom stereocenters. The maximum atomic E-state index is 4.40. The molecule has 0 saturated carbocycles. The maximum Gasteiger partial charge on any atom is 0.119 e. The predicted octanol–water partition coefficient (Wildman–Crippen LogP) is 2.78. The number of aryl methyl sites for hydroxylation is 2. The molecule has 0 bridgehead atoms. The third kappa shape index (κ3) is 4.55. The number of quaternary nitrogens is 1. The smallest absolute Gasteiger partial charge is 0.119 e. The van der Waals surface area contributed by atoms with Crippen LogP contribution in [0.4, 0.5) is 0 Å². The van der Waals surface area contributed by atoms with Crippen molar-refractivity contribution in [2.24, 2.45) is 0 Å². The van der Waals surface area contributed by atoms with Gasteiger partial charge < -0.3 is 4.90 Å². The van der Waals surface area contributed by atoms with Gasteiger partial charge in [0.1, 0.15) is 5.03 Å². The van der Waals surface area contributed by atoms with E-state index in [2.05, 4.69) is 68.2 Å². The van der Waals surface area contributed by atoms with Gasteiger partial charge in [-0.05, 0) is 45.4 Å². The molecule has 0 aliphatic carbocycles. The second kappa shape index (κ2) is 8.30. The van der Waals surface area contributed by atoms with Crippen LogP contribution in [0.15, 0.2) is 35.4 Å². The van der Waals surface area contributed by atoms with Crippen molar-refractivity contribution in [1.29, 1.82) is 0 Å². The molecule has 0 saturated heterocycles. The van der Waals surface area contributed by atoms with Gasteiger partial charge in [0.25, 0.3) is 0 Å². The largest absolute Gasteiger partial charge is 0.335 e. The lowest BCUT2D eigenvalue weighted by molar-refractivity contribution is -0.893.